The van der Waals surface area contributed by atoms with Gasteiger partial charge < -0.3 is 15.2 Å². The fourth-order valence-electron chi connectivity index (χ4n) is 2.31. The van der Waals surface area contributed by atoms with Gasteiger partial charge in [0.1, 0.15) is 0 Å². The zero-order chi connectivity index (χ0) is 17.6. The molecule has 0 saturated heterocycles. The molecule has 0 heterocycles. The number of halogens is 2. The lowest BCUT2D eigenvalue weighted by Gasteiger charge is -2.30. The summed E-state index contributed by atoms with van der Waals surface area (Å²) in [6.07, 6.45) is 0.207. The van der Waals surface area contributed by atoms with Crippen molar-refractivity contribution in [2.24, 2.45) is 5.92 Å². The third-order valence-corrected chi connectivity index (χ3v) is 4.01. The summed E-state index contributed by atoms with van der Waals surface area (Å²) in [7, 11) is 1.46. The first-order valence-electron chi connectivity index (χ1n) is 7.13. The Morgan fingerprint density at radius 2 is 2.04 bits per heavy atom. The molecule has 0 bridgehead atoms. The number of hydrogen-bond acceptors (Lipinski definition) is 3. The first-order valence-corrected chi connectivity index (χ1v) is 7.89. The number of rotatable bonds is 8. The second-order valence-corrected chi connectivity index (χ2v) is 6.74. The Bertz CT molecular complexity index is 579. The molecule has 0 spiro atoms. The normalized spacial score (nSPS) is 14.8. The van der Waals surface area contributed by atoms with Gasteiger partial charge in [0.2, 0.25) is 5.91 Å². The van der Waals surface area contributed by atoms with Gasteiger partial charge in [0, 0.05) is 23.1 Å². The van der Waals surface area contributed by atoms with E-state index in [0.717, 1.165) is 5.56 Å². The molecule has 2 N–H and O–H groups in total. The molecule has 5 nitrogen and oxygen atoms in total. The van der Waals surface area contributed by atoms with Crippen molar-refractivity contribution in [3.8, 4) is 0 Å². The molecule has 128 valence electrons. The highest BCUT2D eigenvalue weighted by Crippen LogP contribution is 2.24. The van der Waals surface area contributed by atoms with Gasteiger partial charge in [-0.3, -0.25) is 9.59 Å². The molecule has 0 aliphatic heterocycles. The first kappa shape index (κ1) is 19.7. The summed E-state index contributed by atoms with van der Waals surface area (Å²) in [6.45, 7) is 3.51. The van der Waals surface area contributed by atoms with Crippen LogP contribution in [-0.4, -0.2) is 36.2 Å². The summed E-state index contributed by atoms with van der Waals surface area (Å²) < 4.78 is 5.03. The van der Waals surface area contributed by atoms with Crippen molar-refractivity contribution in [1.29, 1.82) is 0 Å². The van der Waals surface area contributed by atoms with E-state index in [1.165, 1.54) is 7.11 Å². The predicted molar refractivity (Wildman–Crippen MR) is 90.0 cm³/mol. The molecule has 0 radical (unpaired) electrons. The molecule has 1 aromatic rings. The topological polar surface area (TPSA) is 75.6 Å². The van der Waals surface area contributed by atoms with Crippen LogP contribution in [0.15, 0.2) is 18.2 Å². The summed E-state index contributed by atoms with van der Waals surface area (Å²) in [5.74, 6) is -1.63. The number of nitrogens with one attached hydrogen (secondary N) is 1. The monoisotopic (exact) mass is 361 g/mol. The summed E-state index contributed by atoms with van der Waals surface area (Å²) in [6, 6.07) is 5.12. The van der Waals surface area contributed by atoms with Crippen LogP contribution in [0.25, 0.3) is 0 Å². The molecule has 2 atom stereocenters. The van der Waals surface area contributed by atoms with Crippen LogP contribution in [0.4, 0.5) is 0 Å². The number of amides is 1. The summed E-state index contributed by atoms with van der Waals surface area (Å²) in [4.78, 5) is 23.3. The standard InChI is InChI=1S/C16H21Cl2NO4/c1-10(6-11-4-5-12(17)7-13(11)18)15(22)19-16(2,9-23-3)8-14(20)21/h4-5,7,10H,6,8-9H2,1-3H3,(H,19,22)(H,20,21). The fraction of sp³-hybridized carbons (Fsp3) is 0.500. The number of ether oxygens (including phenoxy) is 1. The van der Waals surface area contributed by atoms with Crippen LogP contribution >= 0.6 is 23.2 Å². The number of aliphatic carboxylic acids is 1. The van der Waals surface area contributed by atoms with Crippen molar-refractivity contribution in [2.75, 3.05) is 13.7 Å². The van der Waals surface area contributed by atoms with E-state index in [1.807, 2.05) is 0 Å². The molecular weight excluding hydrogens is 341 g/mol. The average molecular weight is 362 g/mol. The number of hydrogen-bond donors (Lipinski definition) is 2. The maximum absolute atomic E-state index is 12.4. The number of carboxylic acid groups (broad SMARTS) is 1. The van der Waals surface area contributed by atoms with Gasteiger partial charge in [-0.05, 0) is 31.0 Å². The van der Waals surface area contributed by atoms with Crippen LogP contribution in [-0.2, 0) is 20.7 Å². The molecule has 0 aliphatic rings. The number of methoxy groups -OCH3 is 1. The van der Waals surface area contributed by atoms with Crippen LogP contribution in [0.5, 0.6) is 0 Å². The van der Waals surface area contributed by atoms with Crippen LogP contribution in [0.1, 0.15) is 25.8 Å². The van der Waals surface area contributed by atoms with Gasteiger partial charge in [-0.25, -0.2) is 0 Å². The number of carbonyl (C=O) groups excluding carboxylic acids is 1. The Balaban J connectivity index is 2.76. The summed E-state index contributed by atoms with van der Waals surface area (Å²) in [5, 5.41) is 12.8. The van der Waals surface area contributed by atoms with Crippen molar-refractivity contribution < 1.29 is 19.4 Å². The summed E-state index contributed by atoms with van der Waals surface area (Å²) >= 11 is 12.0. The van der Waals surface area contributed by atoms with E-state index in [-0.39, 0.29) is 24.9 Å². The zero-order valence-electron chi connectivity index (χ0n) is 13.4. The van der Waals surface area contributed by atoms with Crippen LogP contribution in [0.3, 0.4) is 0 Å². The van der Waals surface area contributed by atoms with E-state index in [2.05, 4.69) is 5.32 Å². The Labute approximate surface area is 145 Å². The SMILES string of the molecule is COCC(C)(CC(=O)O)NC(=O)C(C)Cc1ccc(Cl)cc1Cl. The highest BCUT2D eigenvalue weighted by atomic mass is 35.5. The van der Waals surface area contributed by atoms with E-state index in [0.29, 0.717) is 16.5 Å². The number of benzene rings is 1. The second-order valence-electron chi connectivity index (χ2n) is 5.89. The molecule has 7 heteroatoms. The molecule has 1 aromatic carbocycles. The largest absolute Gasteiger partial charge is 0.481 e. The third-order valence-electron chi connectivity index (χ3n) is 3.42. The molecule has 2 unspecified atom stereocenters. The van der Waals surface area contributed by atoms with Gasteiger partial charge in [0.25, 0.3) is 0 Å². The van der Waals surface area contributed by atoms with Crippen molar-refractivity contribution in [2.45, 2.75) is 32.2 Å². The molecule has 0 aliphatic carbocycles. The second kappa shape index (κ2) is 8.52. The van der Waals surface area contributed by atoms with Gasteiger partial charge in [-0.15, -0.1) is 0 Å². The van der Waals surface area contributed by atoms with E-state index >= 15 is 0 Å². The van der Waals surface area contributed by atoms with Gasteiger partial charge >= 0.3 is 5.97 Å². The van der Waals surface area contributed by atoms with Gasteiger partial charge in [0.05, 0.1) is 18.6 Å². The number of carboxylic acids is 1. The molecule has 1 amide bonds. The van der Waals surface area contributed by atoms with Crippen LogP contribution in [0.2, 0.25) is 10.0 Å². The van der Waals surface area contributed by atoms with Crippen molar-refractivity contribution in [1.82, 2.24) is 5.32 Å². The van der Waals surface area contributed by atoms with E-state index < -0.39 is 11.5 Å². The quantitative estimate of drug-likeness (QED) is 0.745. The Morgan fingerprint density at radius 1 is 1.39 bits per heavy atom. The van der Waals surface area contributed by atoms with Gasteiger partial charge in [0.15, 0.2) is 0 Å². The number of carbonyl (C=O) groups is 2. The molecule has 0 fully saturated rings. The van der Waals surface area contributed by atoms with Gasteiger partial charge in [-0.2, -0.15) is 0 Å². The van der Waals surface area contributed by atoms with Crippen molar-refractivity contribution >= 4 is 35.1 Å². The predicted octanol–water partition coefficient (Wildman–Crippen LogP) is 3.17. The minimum Gasteiger partial charge on any atom is -0.481 e. The molecule has 0 aromatic heterocycles. The van der Waals surface area contributed by atoms with E-state index in [1.54, 1.807) is 32.0 Å². The van der Waals surface area contributed by atoms with E-state index in [9.17, 15) is 9.59 Å². The Hall–Kier alpha value is -1.30. The van der Waals surface area contributed by atoms with Gasteiger partial charge in [-0.1, -0.05) is 36.2 Å². The van der Waals surface area contributed by atoms with Crippen LogP contribution < -0.4 is 5.32 Å². The Kier molecular flexibility index (Phi) is 7.32. The lowest BCUT2D eigenvalue weighted by atomic mass is 9.95. The third kappa shape index (κ3) is 6.37. The smallest absolute Gasteiger partial charge is 0.305 e. The highest BCUT2D eigenvalue weighted by Gasteiger charge is 2.31. The van der Waals surface area contributed by atoms with E-state index in [4.69, 9.17) is 33.0 Å². The summed E-state index contributed by atoms with van der Waals surface area (Å²) in [5.41, 5.74) is -0.152. The lowest BCUT2D eigenvalue weighted by molar-refractivity contribution is -0.140. The van der Waals surface area contributed by atoms with Crippen LogP contribution in [0, 0.1) is 5.92 Å². The molecule has 23 heavy (non-hydrogen) atoms. The molecular formula is C16H21Cl2NO4. The van der Waals surface area contributed by atoms with Crippen molar-refractivity contribution in [3.63, 3.8) is 0 Å². The Morgan fingerprint density at radius 3 is 2.57 bits per heavy atom. The first-order chi connectivity index (χ1) is 10.7. The fourth-order valence-corrected chi connectivity index (χ4v) is 2.80. The highest BCUT2D eigenvalue weighted by molar-refractivity contribution is 6.35. The maximum Gasteiger partial charge on any atom is 0.305 e. The maximum atomic E-state index is 12.4. The molecule has 1 rings (SSSR count). The molecule has 0 saturated carbocycles. The average Bonchev–Trinajstić information content (AvgIpc) is 2.40. The minimum absolute atomic E-state index is 0.111. The zero-order valence-corrected chi connectivity index (χ0v) is 14.9. The lowest BCUT2D eigenvalue weighted by Crippen LogP contribution is -2.52. The minimum atomic E-state index is -1.00. The van der Waals surface area contributed by atoms with Crippen molar-refractivity contribution in [3.05, 3.63) is 33.8 Å².